The Labute approximate surface area is 135 Å². The van der Waals surface area contributed by atoms with Gasteiger partial charge in [-0.05, 0) is 30.4 Å². The molecule has 0 spiro atoms. The number of rotatable bonds is 10. The van der Waals surface area contributed by atoms with Gasteiger partial charge in [0, 0.05) is 4.48 Å². The van der Waals surface area contributed by atoms with E-state index < -0.39 is 0 Å². The topological polar surface area (TPSA) is 18.5 Å². The molecule has 2 nitrogen and oxygen atoms in total. The van der Waals surface area contributed by atoms with E-state index in [0.29, 0.717) is 23.0 Å². The van der Waals surface area contributed by atoms with Gasteiger partial charge in [0.05, 0.1) is 0 Å². The number of hydrogen-bond acceptors (Lipinski definition) is 2. The maximum absolute atomic E-state index is 5.35. The standard InChI is InChI=1S/C18H19BrO2/c1-7-8-9-15(3)20-17(5)12-13-18(6)21-16(4)11-10-14(2)19/h7-13H,1-6H2/b9-8-,11-10-,13-12-. The van der Waals surface area contributed by atoms with Crippen molar-refractivity contribution >= 4 is 15.9 Å². The molecule has 0 atom stereocenters. The zero-order valence-electron chi connectivity index (χ0n) is 12.0. The quantitative estimate of drug-likeness (QED) is 0.365. The molecular formula is C18H19BrO2. The summed E-state index contributed by atoms with van der Waals surface area (Å²) in [6.45, 7) is 22.1. The van der Waals surface area contributed by atoms with Crippen LogP contribution in [0.5, 0.6) is 0 Å². The molecule has 21 heavy (non-hydrogen) atoms. The molecule has 110 valence electrons. The van der Waals surface area contributed by atoms with Crippen molar-refractivity contribution in [1.82, 2.24) is 0 Å². The summed E-state index contributed by atoms with van der Waals surface area (Å²) in [6.07, 6.45) is 11.7. The Bertz CT molecular complexity index is 546. The van der Waals surface area contributed by atoms with E-state index in [4.69, 9.17) is 9.47 Å². The van der Waals surface area contributed by atoms with Gasteiger partial charge in [-0.1, -0.05) is 67.6 Å². The fourth-order valence-electron chi connectivity index (χ4n) is 1.02. The minimum atomic E-state index is 0.404. The van der Waals surface area contributed by atoms with Crippen molar-refractivity contribution in [3.8, 4) is 0 Å². The molecule has 0 aliphatic rings. The van der Waals surface area contributed by atoms with Gasteiger partial charge in [-0.25, -0.2) is 0 Å². The molecule has 0 radical (unpaired) electrons. The predicted octanol–water partition coefficient (Wildman–Crippen LogP) is 5.84. The van der Waals surface area contributed by atoms with Crippen LogP contribution in [-0.2, 0) is 9.47 Å². The van der Waals surface area contributed by atoms with Crippen molar-refractivity contribution in [1.29, 1.82) is 0 Å². The van der Waals surface area contributed by atoms with Gasteiger partial charge in [0.1, 0.15) is 23.0 Å². The molecule has 0 N–H and O–H groups in total. The van der Waals surface area contributed by atoms with Crippen LogP contribution in [0, 0.1) is 0 Å². The Morgan fingerprint density at radius 3 is 1.43 bits per heavy atom. The Kier molecular flexibility index (Phi) is 9.39. The number of hydrogen-bond donors (Lipinski definition) is 0. The summed E-state index contributed by atoms with van der Waals surface area (Å²) < 4.78 is 11.4. The smallest absolute Gasteiger partial charge is 0.120 e. The minimum Gasteiger partial charge on any atom is -0.459 e. The zero-order valence-corrected chi connectivity index (χ0v) is 13.6. The van der Waals surface area contributed by atoms with E-state index in [-0.39, 0.29) is 0 Å². The molecule has 0 unspecified atom stereocenters. The van der Waals surface area contributed by atoms with Crippen LogP contribution < -0.4 is 0 Å². The van der Waals surface area contributed by atoms with Crippen LogP contribution in [0.15, 0.2) is 110 Å². The molecule has 0 saturated heterocycles. The van der Waals surface area contributed by atoms with E-state index in [1.165, 1.54) is 0 Å². The maximum Gasteiger partial charge on any atom is 0.120 e. The van der Waals surface area contributed by atoms with Crippen molar-refractivity contribution in [2.75, 3.05) is 0 Å². The molecule has 3 heteroatoms. The predicted molar refractivity (Wildman–Crippen MR) is 94.4 cm³/mol. The second-order valence-corrected chi connectivity index (χ2v) is 4.80. The second-order valence-electron chi connectivity index (χ2n) is 3.78. The summed E-state index contributed by atoms with van der Waals surface area (Å²) in [7, 11) is 0. The highest BCUT2D eigenvalue weighted by Gasteiger charge is 1.95. The third-order valence-corrected chi connectivity index (χ3v) is 2.11. The molecule has 0 heterocycles. The van der Waals surface area contributed by atoms with Crippen molar-refractivity contribution < 1.29 is 9.47 Å². The van der Waals surface area contributed by atoms with Crippen LogP contribution in [0.3, 0.4) is 0 Å². The molecule has 0 rings (SSSR count). The first kappa shape index (κ1) is 18.7. The fourth-order valence-corrected chi connectivity index (χ4v) is 1.15. The molecule has 0 amide bonds. The molecule has 0 bridgehead atoms. The first-order chi connectivity index (χ1) is 9.85. The first-order valence-corrected chi connectivity index (χ1v) is 6.75. The minimum absolute atomic E-state index is 0.404. The van der Waals surface area contributed by atoms with Gasteiger partial charge in [-0.15, -0.1) is 0 Å². The monoisotopic (exact) mass is 346 g/mol. The first-order valence-electron chi connectivity index (χ1n) is 5.96. The summed E-state index contributed by atoms with van der Waals surface area (Å²) in [5.74, 6) is 1.71. The number of ether oxygens (including phenoxy) is 2. The molecule has 0 aliphatic heterocycles. The molecule has 0 saturated carbocycles. The van der Waals surface area contributed by atoms with E-state index in [9.17, 15) is 0 Å². The van der Waals surface area contributed by atoms with E-state index in [1.54, 1.807) is 42.5 Å². The van der Waals surface area contributed by atoms with Crippen LogP contribution >= 0.6 is 15.9 Å². The number of allylic oxidation sites excluding steroid dienone is 8. The third-order valence-electron chi connectivity index (χ3n) is 1.85. The van der Waals surface area contributed by atoms with Crippen LogP contribution in [0.1, 0.15) is 0 Å². The maximum atomic E-state index is 5.35. The summed E-state index contributed by atoms with van der Waals surface area (Å²) in [6, 6.07) is 0. The van der Waals surface area contributed by atoms with Crippen molar-refractivity contribution in [2.24, 2.45) is 0 Å². The lowest BCUT2D eigenvalue weighted by Crippen LogP contribution is -1.88. The lowest BCUT2D eigenvalue weighted by Gasteiger charge is -2.06. The lowest BCUT2D eigenvalue weighted by atomic mass is 10.4. The van der Waals surface area contributed by atoms with E-state index in [1.807, 2.05) is 0 Å². The molecule has 0 aliphatic carbocycles. The van der Waals surface area contributed by atoms with Crippen LogP contribution in [0.2, 0.25) is 0 Å². The second kappa shape index (κ2) is 10.5. The Morgan fingerprint density at radius 2 is 1.05 bits per heavy atom. The summed E-state index contributed by atoms with van der Waals surface area (Å²) >= 11 is 3.20. The summed E-state index contributed by atoms with van der Waals surface area (Å²) in [5, 5.41) is 0. The Morgan fingerprint density at radius 1 is 0.667 bits per heavy atom. The molecule has 0 aromatic heterocycles. The lowest BCUT2D eigenvalue weighted by molar-refractivity contribution is 0.332. The van der Waals surface area contributed by atoms with Gasteiger partial charge in [0.15, 0.2) is 0 Å². The Hall–Kier alpha value is -2.26. The van der Waals surface area contributed by atoms with Crippen molar-refractivity contribution in [2.45, 2.75) is 0 Å². The molecular weight excluding hydrogens is 328 g/mol. The third kappa shape index (κ3) is 11.3. The van der Waals surface area contributed by atoms with Crippen molar-refractivity contribution in [3.63, 3.8) is 0 Å². The average Bonchev–Trinajstić information content (AvgIpc) is 2.40. The van der Waals surface area contributed by atoms with E-state index in [0.717, 1.165) is 4.48 Å². The largest absolute Gasteiger partial charge is 0.459 e. The SMILES string of the molecule is C=C/C=C\C(=C)OC(=C)/C=C\C(=C)OC(=C)/C=C\C(=C)Br. The summed E-state index contributed by atoms with van der Waals surface area (Å²) in [4.78, 5) is 0. The van der Waals surface area contributed by atoms with Crippen LogP contribution in [0.25, 0.3) is 0 Å². The van der Waals surface area contributed by atoms with Gasteiger partial charge in [0.2, 0.25) is 0 Å². The van der Waals surface area contributed by atoms with E-state index in [2.05, 4.69) is 55.4 Å². The highest BCUT2D eigenvalue weighted by atomic mass is 79.9. The molecule has 0 fully saturated rings. The van der Waals surface area contributed by atoms with Gasteiger partial charge < -0.3 is 9.47 Å². The van der Waals surface area contributed by atoms with E-state index >= 15 is 0 Å². The van der Waals surface area contributed by atoms with Gasteiger partial charge in [-0.2, -0.15) is 0 Å². The van der Waals surface area contributed by atoms with Gasteiger partial charge >= 0.3 is 0 Å². The van der Waals surface area contributed by atoms with Crippen LogP contribution in [0.4, 0.5) is 0 Å². The molecule has 0 aromatic rings. The molecule has 0 aromatic carbocycles. The Balaban J connectivity index is 4.31. The summed E-state index contributed by atoms with van der Waals surface area (Å²) in [5.41, 5.74) is 0. The average molecular weight is 347 g/mol. The number of halogens is 1. The fraction of sp³-hybridized carbons (Fsp3) is 0. The van der Waals surface area contributed by atoms with Crippen LogP contribution in [-0.4, -0.2) is 0 Å². The highest BCUT2D eigenvalue weighted by molar-refractivity contribution is 9.11. The zero-order chi connectivity index (χ0) is 16.3. The van der Waals surface area contributed by atoms with Gasteiger partial charge in [0.25, 0.3) is 0 Å². The van der Waals surface area contributed by atoms with Gasteiger partial charge in [-0.3, -0.25) is 0 Å². The van der Waals surface area contributed by atoms with Crippen molar-refractivity contribution in [3.05, 3.63) is 110 Å². The normalized spacial score (nSPS) is 10.7. The highest BCUT2D eigenvalue weighted by Crippen LogP contribution is 2.11.